The Morgan fingerprint density at radius 1 is 1.24 bits per heavy atom. The predicted octanol–water partition coefficient (Wildman–Crippen LogP) is 5.74. The maximum Gasteiger partial charge on any atom is 0.420 e. The lowest BCUT2D eigenvalue weighted by Crippen LogP contribution is -2.42. The molecule has 4 rings (SSSR count). The third kappa shape index (κ3) is 5.24. The second-order valence-electron chi connectivity index (χ2n) is 9.05. The van der Waals surface area contributed by atoms with Crippen molar-refractivity contribution in [2.24, 2.45) is 0 Å². The van der Waals surface area contributed by atoms with Gasteiger partial charge in [-0.05, 0) is 39.7 Å². The highest BCUT2D eigenvalue weighted by atomic mass is 35.5. The van der Waals surface area contributed by atoms with Crippen molar-refractivity contribution < 1.29 is 32.2 Å². The number of anilines is 2. The summed E-state index contributed by atoms with van der Waals surface area (Å²) in [6.07, 6.45) is -2.74. The Morgan fingerprint density at radius 2 is 1.97 bits per heavy atom. The van der Waals surface area contributed by atoms with Crippen molar-refractivity contribution in [2.75, 3.05) is 25.2 Å². The molecule has 1 fully saturated rings. The highest BCUT2D eigenvalue weighted by molar-refractivity contribution is 6.30. The van der Waals surface area contributed by atoms with E-state index in [1.165, 1.54) is 0 Å². The molecule has 2 aliphatic heterocycles. The third-order valence-corrected chi connectivity index (χ3v) is 5.64. The van der Waals surface area contributed by atoms with Crippen LogP contribution in [0.25, 0.3) is 0 Å². The molecule has 3 heterocycles. The average Bonchev–Trinajstić information content (AvgIpc) is 3.22. The lowest BCUT2D eigenvalue weighted by atomic mass is 9.89. The average molecular weight is 501 g/mol. The second-order valence-corrected chi connectivity index (χ2v) is 9.41. The molecule has 1 aromatic heterocycles. The first-order valence-electron chi connectivity index (χ1n) is 10.7. The molecule has 0 radical (unpaired) electrons. The Morgan fingerprint density at radius 3 is 2.65 bits per heavy atom. The van der Waals surface area contributed by atoms with Gasteiger partial charge >= 0.3 is 12.3 Å². The fourth-order valence-electron chi connectivity index (χ4n) is 3.89. The summed E-state index contributed by atoms with van der Waals surface area (Å²) in [5, 5.41) is 2.13. The summed E-state index contributed by atoms with van der Waals surface area (Å²) >= 11 is 5.69. The van der Waals surface area contributed by atoms with Crippen molar-refractivity contribution >= 4 is 29.3 Å². The molecule has 1 N–H and O–H groups in total. The molecular weight excluding hydrogens is 477 g/mol. The van der Waals surface area contributed by atoms with Gasteiger partial charge in [0.2, 0.25) is 12.7 Å². The summed E-state index contributed by atoms with van der Waals surface area (Å²) < 4.78 is 55.6. The van der Waals surface area contributed by atoms with Gasteiger partial charge in [0.25, 0.3) is 0 Å². The summed E-state index contributed by atoms with van der Waals surface area (Å²) in [6, 6.07) is 3.55. The number of hydrogen-bond acceptors (Lipinski definition) is 7. The number of rotatable bonds is 3. The van der Waals surface area contributed by atoms with E-state index in [2.05, 4.69) is 15.3 Å². The van der Waals surface area contributed by atoms with Crippen molar-refractivity contribution in [3.05, 3.63) is 34.6 Å². The molecule has 1 unspecified atom stereocenters. The number of piperidine rings is 1. The zero-order valence-electron chi connectivity index (χ0n) is 18.8. The molecule has 1 amide bonds. The van der Waals surface area contributed by atoms with E-state index >= 15 is 0 Å². The van der Waals surface area contributed by atoms with E-state index in [0.29, 0.717) is 36.5 Å². The van der Waals surface area contributed by atoms with Gasteiger partial charge in [0.15, 0.2) is 11.5 Å². The fraction of sp³-hybridized carbons (Fsp3) is 0.500. The molecule has 0 bridgehead atoms. The maximum atomic E-state index is 12.9. The van der Waals surface area contributed by atoms with Gasteiger partial charge in [-0.15, -0.1) is 0 Å². The highest BCUT2D eigenvalue weighted by Crippen LogP contribution is 2.47. The number of aromatic nitrogens is 2. The minimum atomic E-state index is -4.65. The van der Waals surface area contributed by atoms with Crippen molar-refractivity contribution in [1.82, 2.24) is 14.9 Å². The third-order valence-electron chi connectivity index (χ3n) is 5.36. The van der Waals surface area contributed by atoms with Crippen molar-refractivity contribution in [1.29, 1.82) is 0 Å². The summed E-state index contributed by atoms with van der Waals surface area (Å²) in [4.78, 5) is 21.6. The van der Waals surface area contributed by atoms with Crippen LogP contribution in [-0.4, -0.2) is 46.4 Å². The van der Waals surface area contributed by atoms with E-state index in [1.54, 1.807) is 11.0 Å². The monoisotopic (exact) mass is 500 g/mol. The van der Waals surface area contributed by atoms with E-state index in [1.807, 2.05) is 26.8 Å². The number of carbonyl (C=O) groups excluding carboxylic acids is 1. The van der Waals surface area contributed by atoms with Gasteiger partial charge in [-0.25, -0.2) is 14.8 Å². The number of halogens is 4. The number of hydrogen-bond donors (Lipinski definition) is 1. The van der Waals surface area contributed by atoms with Gasteiger partial charge < -0.3 is 24.4 Å². The molecule has 34 heavy (non-hydrogen) atoms. The van der Waals surface area contributed by atoms with E-state index in [-0.39, 0.29) is 24.8 Å². The number of amides is 1. The maximum absolute atomic E-state index is 12.9. The van der Waals surface area contributed by atoms with Crippen LogP contribution in [-0.2, 0) is 10.9 Å². The Labute approximate surface area is 199 Å². The van der Waals surface area contributed by atoms with Crippen LogP contribution in [0.5, 0.6) is 11.5 Å². The van der Waals surface area contributed by atoms with Crippen LogP contribution in [0.1, 0.15) is 50.7 Å². The minimum absolute atomic E-state index is 0.00234. The van der Waals surface area contributed by atoms with E-state index in [4.69, 9.17) is 25.8 Å². The van der Waals surface area contributed by atoms with Crippen molar-refractivity contribution in [2.45, 2.75) is 51.3 Å². The van der Waals surface area contributed by atoms with Crippen molar-refractivity contribution in [3.63, 3.8) is 0 Å². The molecule has 184 valence electrons. The zero-order valence-corrected chi connectivity index (χ0v) is 19.6. The number of carbonyl (C=O) groups is 1. The summed E-state index contributed by atoms with van der Waals surface area (Å²) in [5.74, 6) is 0.797. The number of fused-ring (bicyclic) bond motifs is 1. The van der Waals surface area contributed by atoms with Gasteiger partial charge in [0.1, 0.15) is 16.3 Å². The van der Waals surface area contributed by atoms with Crippen molar-refractivity contribution in [3.8, 4) is 11.5 Å². The lowest BCUT2D eigenvalue weighted by Gasteiger charge is -2.34. The first kappa shape index (κ1) is 24.2. The van der Waals surface area contributed by atoms with Gasteiger partial charge in [-0.3, -0.25) is 0 Å². The van der Waals surface area contributed by atoms with Crippen LogP contribution < -0.4 is 14.8 Å². The van der Waals surface area contributed by atoms with Crippen LogP contribution in [0.4, 0.5) is 29.6 Å². The predicted molar refractivity (Wildman–Crippen MR) is 118 cm³/mol. The lowest BCUT2D eigenvalue weighted by molar-refractivity contribution is -0.137. The summed E-state index contributed by atoms with van der Waals surface area (Å²) in [7, 11) is 0. The summed E-state index contributed by atoms with van der Waals surface area (Å²) in [5.41, 5.74) is -0.407. The summed E-state index contributed by atoms with van der Waals surface area (Å²) in [6.45, 7) is 6.53. The highest BCUT2D eigenvalue weighted by Gasteiger charge is 2.35. The van der Waals surface area contributed by atoms with Crippen LogP contribution in [0.2, 0.25) is 5.15 Å². The molecule has 2 aliphatic rings. The quantitative estimate of drug-likeness (QED) is 0.538. The topological polar surface area (TPSA) is 85.8 Å². The van der Waals surface area contributed by atoms with Gasteiger partial charge in [0.05, 0.1) is 5.69 Å². The van der Waals surface area contributed by atoms with Gasteiger partial charge in [-0.1, -0.05) is 17.7 Å². The molecule has 8 nitrogen and oxygen atoms in total. The standard InChI is InChI=1S/C22H24ClF3N4O4/c1-21(2,3)34-20(31)30-8-4-5-12(10-30)13-6-7-15(17-16(13)32-11-33-17)28-19-27-9-14(18(23)29-19)22(24,25)26/h6-7,9,12H,4-5,8,10-11H2,1-3H3,(H,27,28,29). The molecule has 0 saturated carbocycles. The first-order chi connectivity index (χ1) is 15.9. The van der Waals surface area contributed by atoms with Crippen LogP contribution >= 0.6 is 11.6 Å². The van der Waals surface area contributed by atoms with Crippen LogP contribution in [0.3, 0.4) is 0 Å². The molecule has 1 atom stereocenters. The number of nitrogens with one attached hydrogen (secondary N) is 1. The molecule has 0 spiro atoms. The second kappa shape index (κ2) is 9.01. The smallest absolute Gasteiger partial charge is 0.420 e. The normalized spacial score (nSPS) is 18.1. The van der Waals surface area contributed by atoms with Crippen LogP contribution in [0.15, 0.2) is 18.3 Å². The molecule has 1 saturated heterocycles. The Hall–Kier alpha value is -2.95. The Balaban J connectivity index is 1.55. The molecular formula is C22H24ClF3N4O4. The number of likely N-dealkylation sites (tertiary alicyclic amines) is 1. The first-order valence-corrected chi connectivity index (χ1v) is 11.1. The molecule has 0 aliphatic carbocycles. The molecule has 12 heteroatoms. The molecule has 2 aromatic rings. The van der Waals surface area contributed by atoms with E-state index < -0.39 is 22.5 Å². The Kier molecular flexibility index (Phi) is 6.41. The SMILES string of the molecule is CC(C)(C)OC(=O)N1CCCC(c2ccc(Nc3ncc(C(F)(F)F)c(Cl)n3)c3c2OCO3)C1. The number of nitrogens with zero attached hydrogens (tertiary/aromatic N) is 3. The van der Waals surface area contributed by atoms with E-state index in [9.17, 15) is 18.0 Å². The van der Waals surface area contributed by atoms with Gasteiger partial charge in [-0.2, -0.15) is 13.2 Å². The largest absolute Gasteiger partial charge is 0.453 e. The number of ether oxygens (including phenoxy) is 3. The number of alkyl halides is 3. The Bertz CT molecular complexity index is 1090. The molecule has 1 aromatic carbocycles. The number of benzene rings is 1. The minimum Gasteiger partial charge on any atom is -0.453 e. The zero-order chi connectivity index (χ0) is 24.7. The fourth-order valence-corrected chi connectivity index (χ4v) is 4.13. The van der Waals surface area contributed by atoms with Gasteiger partial charge in [0, 0.05) is 30.8 Å². The van der Waals surface area contributed by atoms with Crippen LogP contribution in [0, 0.1) is 0 Å². The van der Waals surface area contributed by atoms with E-state index in [0.717, 1.165) is 18.4 Å².